The molecule has 0 saturated carbocycles. The van der Waals surface area contributed by atoms with Crippen molar-refractivity contribution in [1.29, 1.82) is 0 Å². The van der Waals surface area contributed by atoms with Crippen molar-refractivity contribution in [3.05, 3.63) is 53.1 Å². The third-order valence-electron chi connectivity index (χ3n) is 4.75. The van der Waals surface area contributed by atoms with Crippen LogP contribution in [0.25, 0.3) is 0 Å². The number of amides is 2. The first-order chi connectivity index (χ1) is 14.3. The molecule has 6 nitrogen and oxygen atoms in total. The maximum absolute atomic E-state index is 12.6. The van der Waals surface area contributed by atoms with Gasteiger partial charge < -0.3 is 24.4 Å². The van der Waals surface area contributed by atoms with Crippen LogP contribution in [0.3, 0.4) is 0 Å². The second-order valence-corrected chi connectivity index (χ2v) is 6.86. The van der Waals surface area contributed by atoms with E-state index in [1.165, 1.54) is 12.1 Å². The van der Waals surface area contributed by atoms with E-state index in [1.807, 2.05) is 12.1 Å². The minimum absolute atomic E-state index is 0.104. The number of benzene rings is 2. The van der Waals surface area contributed by atoms with E-state index in [-0.39, 0.29) is 18.3 Å². The minimum atomic E-state index is -4.40. The quantitative estimate of drug-likeness (QED) is 0.764. The summed E-state index contributed by atoms with van der Waals surface area (Å²) in [6, 6.07) is 9.77. The van der Waals surface area contributed by atoms with Crippen LogP contribution in [0, 0.1) is 0 Å². The molecule has 162 valence electrons. The van der Waals surface area contributed by atoms with Gasteiger partial charge in [0, 0.05) is 19.6 Å². The molecule has 0 aromatic heterocycles. The molecule has 0 unspecified atom stereocenters. The van der Waals surface area contributed by atoms with Crippen LogP contribution in [0.4, 0.5) is 18.0 Å². The summed E-state index contributed by atoms with van der Waals surface area (Å²) in [6.45, 7) is -0.207. The van der Waals surface area contributed by atoms with Gasteiger partial charge in [-0.05, 0) is 47.4 Å². The van der Waals surface area contributed by atoms with Crippen LogP contribution in [0.2, 0.25) is 0 Å². The first-order valence-corrected chi connectivity index (χ1v) is 9.34. The molecule has 0 spiro atoms. The zero-order valence-electron chi connectivity index (χ0n) is 16.7. The number of urea groups is 1. The lowest BCUT2D eigenvalue weighted by atomic mass is 9.99. The average Bonchev–Trinajstić information content (AvgIpc) is 2.74. The first kappa shape index (κ1) is 21.6. The highest BCUT2D eigenvalue weighted by molar-refractivity contribution is 5.74. The number of carbonyl (C=O) groups excluding carboxylic acids is 1. The lowest BCUT2D eigenvalue weighted by Gasteiger charge is -2.29. The zero-order valence-corrected chi connectivity index (χ0v) is 16.7. The molecule has 0 bridgehead atoms. The number of hydrogen-bond acceptors (Lipinski definition) is 4. The molecule has 1 N–H and O–H groups in total. The Balaban J connectivity index is 1.59. The molecule has 1 aliphatic rings. The fourth-order valence-electron chi connectivity index (χ4n) is 3.26. The van der Waals surface area contributed by atoms with Crippen LogP contribution >= 0.6 is 0 Å². The molecule has 2 amide bonds. The molecule has 2 aromatic carbocycles. The van der Waals surface area contributed by atoms with Gasteiger partial charge in [0.25, 0.3) is 0 Å². The molecule has 1 aliphatic heterocycles. The zero-order chi connectivity index (χ0) is 21.7. The standard InChI is InChI=1S/C21H23F3N2O4/c1-28-18-9-15-6-7-26(12-16(15)10-19(18)29-2)20(27)25-11-14-4-3-5-17(8-14)30-13-21(22,23)24/h3-5,8-10H,6-7,11-13H2,1-2H3,(H,25,27). The second-order valence-electron chi connectivity index (χ2n) is 6.86. The van der Waals surface area contributed by atoms with E-state index in [1.54, 1.807) is 31.3 Å². The van der Waals surface area contributed by atoms with Crippen molar-refractivity contribution in [2.24, 2.45) is 0 Å². The normalized spacial score (nSPS) is 13.4. The minimum Gasteiger partial charge on any atom is -0.493 e. The molecule has 0 atom stereocenters. The maximum atomic E-state index is 12.6. The van der Waals surface area contributed by atoms with Gasteiger partial charge in [-0.2, -0.15) is 13.2 Å². The van der Waals surface area contributed by atoms with Crippen molar-refractivity contribution < 1.29 is 32.2 Å². The van der Waals surface area contributed by atoms with Crippen LogP contribution in [-0.2, 0) is 19.5 Å². The van der Waals surface area contributed by atoms with Crippen molar-refractivity contribution in [2.45, 2.75) is 25.7 Å². The molecular weight excluding hydrogens is 401 g/mol. The molecule has 0 radical (unpaired) electrons. The topological polar surface area (TPSA) is 60.0 Å². The number of alkyl halides is 3. The third kappa shape index (κ3) is 5.49. The van der Waals surface area contributed by atoms with E-state index >= 15 is 0 Å². The molecule has 3 rings (SSSR count). The molecule has 0 saturated heterocycles. The van der Waals surface area contributed by atoms with Gasteiger partial charge in [0.2, 0.25) is 0 Å². The van der Waals surface area contributed by atoms with Crippen LogP contribution in [0.15, 0.2) is 36.4 Å². The number of methoxy groups -OCH3 is 2. The predicted molar refractivity (Wildman–Crippen MR) is 104 cm³/mol. The molecular formula is C21H23F3N2O4. The number of carbonyl (C=O) groups is 1. The number of rotatable bonds is 6. The van der Waals surface area contributed by atoms with Crippen molar-refractivity contribution >= 4 is 6.03 Å². The number of hydrogen-bond donors (Lipinski definition) is 1. The predicted octanol–water partition coefficient (Wildman–Crippen LogP) is 3.91. The number of nitrogens with one attached hydrogen (secondary N) is 1. The monoisotopic (exact) mass is 424 g/mol. The third-order valence-corrected chi connectivity index (χ3v) is 4.75. The summed E-state index contributed by atoms with van der Waals surface area (Å²) in [6.07, 6.45) is -3.72. The summed E-state index contributed by atoms with van der Waals surface area (Å²) < 4.78 is 52.3. The molecule has 30 heavy (non-hydrogen) atoms. The van der Waals surface area contributed by atoms with E-state index in [0.717, 1.165) is 11.1 Å². The lowest BCUT2D eigenvalue weighted by molar-refractivity contribution is -0.153. The van der Waals surface area contributed by atoms with Gasteiger partial charge in [0.15, 0.2) is 18.1 Å². The first-order valence-electron chi connectivity index (χ1n) is 9.34. The number of halogens is 3. The van der Waals surface area contributed by atoms with E-state index in [0.29, 0.717) is 36.6 Å². The fourth-order valence-corrected chi connectivity index (χ4v) is 3.26. The highest BCUT2D eigenvalue weighted by Gasteiger charge is 2.28. The van der Waals surface area contributed by atoms with Crippen molar-refractivity contribution in [2.75, 3.05) is 27.4 Å². The van der Waals surface area contributed by atoms with Gasteiger partial charge in [0.05, 0.1) is 14.2 Å². The highest BCUT2D eigenvalue weighted by Crippen LogP contribution is 2.33. The van der Waals surface area contributed by atoms with Crippen LogP contribution in [0.5, 0.6) is 17.2 Å². The highest BCUT2D eigenvalue weighted by atomic mass is 19.4. The number of fused-ring (bicyclic) bond motifs is 1. The fraction of sp³-hybridized carbons (Fsp3) is 0.381. The molecule has 2 aromatic rings. The van der Waals surface area contributed by atoms with Crippen molar-refractivity contribution in [3.63, 3.8) is 0 Å². The molecule has 0 fully saturated rings. The lowest BCUT2D eigenvalue weighted by Crippen LogP contribution is -2.42. The molecule has 1 heterocycles. The van der Waals surface area contributed by atoms with E-state index in [4.69, 9.17) is 14.2 Å². The number of ether oxygens (including phenoxy) is 3. The van der Waals surface area contributed by atoms with E-state index in [2.05, 4.69) is 5.32 Å². The summed E-state index contributed by atoms with van der Waals surface area (Å²) >= 11 is 0. The van der Waals surface area contributed by atoms with Crippen molar-refractivity contribution in [1.82, 2.24) is 10.2 Å². The Hall–Kier alpha value is -3.10. The Labute approximate surface area is 172 Å². The number of nitrogens with zero attached hydrogens (tertiary/aromatic N) is 1. The summed E-state index contributed by atoms with van der Waals surface area (Å²) in [5.41, 5.74) is 2.73. The van der Waals surface area contributed by atoms with Gasteiger partial charge in [-0.1, -0.05) is 12.1 Å². The molecule has 9 heteroatoms. The smallest absolute Gasteiger partial charge is 0.422 e. The summed E-state index contributed by atoms with van der Waals surface area (Å²) in [7, 11) is 3.14. The SMILES string of the molecule is COc1cc2c(cc1OC)CN(C(=O)NCc1cccc(OCC(F)(F)F)c1)CC2. The average molecular weight is 424 g/mol. The molecule has 0 aliphatic carbocycles. The Morgan fingerprint density at radius 1 is 1.10 bits per heavy atom. The van der Waals surface area contributed by atoms with Crippen LogP contribution in [-0.4, -0.2) is 44.5 Å². The van der Waals surface area contributed by atoms with Crippen LogP contribution in [0.1, 0.15) is 16.7 Å². The Kier molecular flexibility index (Phi) is 6.59. The Morgan fingerprint density at radius 3 is 2.47 bits per heavy atom. The summed E-state index contributed by atoms with van der Waals surface area (Å²) in [4.78, 5) is 14.3. The van der Waals surface area contributed by atoms with Crippen LogP contribution < -0.4 is 19.5 Å². The Morgan fingerprint density at radius 2 is 1.80 bits per heavy atom. The van der Waals surface area contributed by atoms with Gasteiger partial charge in [-0.15, -0.1) is 0 Å². The van der Waals surface area contributed by atoms with Gasteiger partial charge in [0.1, 0.15) is 5.75 Å². The van der Waals surface area contributed by atoms with Gasteiger partial charge >= 0.3 is 12.2 Å². The Bertz CT molecular complexity index is 902. The van der Waals surface area contributed by atoms with E-state index in [9.17, 15) is 18.0 Å². The summed E-state index contributed by atoms with van der Waals surface area (Å²) in [5.74, 6) is 1.36. The largest absolute Gasteiger partial charge is 0.493 e. The van der Waals surface area contributed by atoms with Crippen molar-refractivity contribution in [3.8, 4) is 17.2 Å². The second kappa shape index (κ2) is 9.15. The van der Waals surface area contributed by atoms with Gasteiger partial charge in [-0.3, -0.25) is 0 Å². The van der Waals surface area contributed by atoms with E-state index < -0.39 is 12.8 Å². The summed E-state index contributed by atoms with van der Waals surface area (Å²) in [5, 5.41) is 2.80. The van der Waals surface area contributed by atoms with Gasteiger partial charge in [-0.25, -0.2) is 4.79 Å². The maximum Gasteiger partial charge on any atom is 0.422 e.